The van der Waals surface area contributed by atoms with E-state index in [1.807, 2.05) is 59.1 Å². The van der Waals surface area contributed by atoms with Crippen LogP contribution in [0.4, 0.5) is 0 Å². The molecular formula is C23H21N5O2. The Morgan fingerprint density at radius 3 is 2.23 bits per heavy atom. The van der Waals surface area contributed by atoms with Crippen LogP contribution in [0.5, 0.6) is 0 Å². The van der Waals surface area contributed by atoms with Crippen molar-refractivity contribution in [1.82, 2.24) is 23.1 Å². The lowest BCUT2D eigenvalue weighted by atomic mass is 10.1. The Labute approximate surface area is 172 Å². The van der Waals surface area contributed by atoms with Crippen molar-refractivity contribution in [2.75, 3.05) is 0 Å². The van der Waals surface area contributed by atoms with Crippen LogP contribution in [0.3, 0.4) is 0 Å². The third-order valence-electron chi connectivity index (χ3n) is 5.59. The average Bonchev–Trinajstić information content (AvgIpc) is 3.32. The maximum absolute atomic E-state index is 12.9. The monoisotopic (exact) mass is 399 g/mol. The maximum atomic E-state index is 12.9. The van der Waals surface area contributed by atoms with Crippen molar-refractivity contribution in [3.05, 3.63) is 93.3 Å². The normalized spacial score (nSPS) is 11.5. The molecule has 0 amide bonds. The second-order valence-corrected chi connectivity index (χ2v) is 7.43. The van der Waals surface area contributed by atoms with E-state index in [-0.39, 0.29) is 11.2 Å². The molecule has 0 aliphatic heterocycles. The summed E-state index contributed by atoms with van der Waals surface area (Å²) in [5.74, 6) is 0.651. The van der Waals surface area contributed by atoms with Crippen LogP contribution < -0.4 is 11.2 Å². The summed E-state index contributed by atoms with van der Waals surface area (Å²) in [5, 5.41) is 0. The standard InChI is InChI=1S/C23H21N5O2/c1-25-20-19(21(29)26(2)23(25)30)28-15-18(17-11-7-4-8-12-17)27(22(28)24-20)14-13-16-9-5-3-6-10-16/h3-12,15H,13-14H2,1-2H3. The molecule has 0 radical (unpaired) electrons. The Balaban J connectivity index is 1.78. The first-order valence-electron chi connectivity index (χ1n) is 9.83. The van der Waals surface area contributed by atoms with E-state index in [2.05, 4.69) is 16.7 Å². The molecule has 30 heavy (non-hydrogen) atoms. The molecule has 0 saturated heterocycles. The first kappa shape index (κ1) is 18.2. The van der Waals surface area contributed by atoms with Crippen LogP contribution in [0.15, 0.2) is 76.4 Å². The molecule has 7 nitrogen and oxygen atoms in total. The number of hydrogen-bond donors (Lipinski definition) is 0. The number of benzene rings is 2. The van der Waals surface area contributed by atoms with Gasteiger partial charge in [0.1, 0.15) is 0 Å². The van der Waals surface area contributed by atoms with Gasteiger partial charge in [-0.2, -0.15) is 4.98 Å². The largest absolute Gasteiger partial charge is 0.332 e. The van der Waals surface area contributed by atoms with E-state index in [1.165, 1.54) is 17.2 Å². The fraction of sp³-hybridized carbons (Fsp3) is 0.174. The molecule has 3 heterocycles. The zero-order valence-electron chi connectivity index (χ0n) is 16.8. The van der Waals surface area contributed by atoms with Crippen LogP contribution >= 0.6 is 0 Å². The second kappa shape index (κ2) is 6.88. The molecule has 0 aliphatic rings. The van der Waals surface area contributed by atoms with Crippen LogP contribution in [0.1, 0.15) is 5.56 Å². The molecule has 7 heteroatoms. The lowest BCUT2D eigenvalue weighted by Gasteiger charge is -2.09. The van der Waals surface area contributed by atoms with Gasteiger partial charge >= 0.3 is 5.69 Å². The lowest BCUT2D eigenvalue weighted by molar-refractivity contribution is 0.706. The molecule has 0 N–H and O–H groups in total. The molecule has 0 fully saturated rings. The number of hydrogen-bond acceptors (Lipinski definition) is 3. The minimum atomic E-state index is -0.382. The Morgan fingerprint density at radius 1 is 0.867 bits per heavy atom. The minimum absolute atomic E-state index is 0.347. The van der Waals surface area contributed by atoms with Crippen molar-refractivity contribution in [1.29, 1.82) is 0 Å². The average molecular weight is 399 g/mol. The van der Waals surface area contributed by atoms with Crippen molar-refractivity contribution in [2.45, 2.75) is 13.0 Å². The number of aryl methyl sites for hydroxylation is 3. The van der Waals surface area contributed by atoms with E-state index in [4.69, 9.17) is 4.98 Å². The third kappa shape index (κ3) is 2.70. The highest BCUT2D eigenvalue weighted by Crippen LogP contribution is 2.25. The third-order valence-corrected chi connectivity index (χ3v) is 5.59. The molecule has 0 atom stereocenters. The molecule has 0 aliphatic carbocycles. The molecular weight excluding hydrogens is 378 g/mol. The van der Waals surface area contributed by atoms with Crippen molar-refractivity contribution < 1.29 is 0 Å². The molecule has 0 unspecified atom stereocenters. The zero-order chi connectivity index (χ0) is 20.8. The summed E-state index contributed by atoms with van der Waals surface area (Å²) in [6, 6.07) is 20.3. The maximum Gasteiger partial charge on any atom is 0.332 e. The van der Waals surface area contributed by atoms with Crippen molar-refractivity contribution in [2.24, 2.45) is 14.1 Å². The second-order valence-electron chi connectivity index (χ2n) is 7.43. The van der Waals surface area contributed by atoms with Crippen molar-refractivity contribution >= 4 is 16.9 Å². The molecule has 5 rings (SSSR count). The van der Waals surface area contributed by atoms with Gasteiger partial charge in [0.2, 0.25) is 5.78 Å². The molecule has 2 aromatic carbocycles. The van der Waals surface area contributed by atoms with E-state index in [0.29, 0.717) is 23.5 Å². The first-order valence-corrected chi connectivity index (χ1v) is 9.83. The molecule has 0 saturated carbocycles. The predicted molar refractivity (Wildman–Crippen MR) is 117 cm³/mol. The molecule has 150 valence electrons. The highest BCUT2D eigenvalue weighted by Gasteiger charge is 2.20. The highest BCUT2D eigenvalue weighted by atomic mass is 16.2. The fourth-order valence-corrected chi connectivity index (χ4v) is 3.96. The first-order chi connectivity index (χ1) is 14.6. The SMILES string of the molecule is Cn1c(=O)c2c(nc3n(CCc4ccccc4)c(-c4ccccc4)cn23)n(C)c1=O. The number of aromatic nitrogens is 5. The fourth-order valence-electron chi connectivity index (χ4n) is 3.96. The van der Waals surface area contributed by atoms with E-state index in [9.17, 15) is 9.59 Å². The number of imidazole rings is 2. The van der Waals surface area contributed by atoms with Crippen LogP contribution in [-0.4, -0.2) is 23.1 Å². The summed E-state index contributed by atoms with van der Waals surface area (Å²) < 4.78 is 6.48. The minimum Gasteiger partial charge on any atom is -0.309 e. The quantitative estimate of drug-likeness (QED) is 0.467. The topological polar surface area (TPSA) is 66.2 Å². The van der Waals surface area contributed by atoms with Crippen LogP contribution in [0.25, 0.3) is 28.2 Å². The summed E-state index contributed by atoms with van der Waals surface area (Å²) in [6.45, 7) is 0.697. The Morgan fingerprint density at radius 2 is 1.53 bits per heavy atom. The number of rotatable bonds is 4. The van der Waals surface area contributed by atoms with Gasteiger partial charge in [0, 0.05) is 26.8 Å². The molecule has 0 bridgehead atoms. The number of nitrogens with zero attached hydrogens (tertiary/aromatic N) is 5. The predicted octanol–water partition coefficient (Wildman–Crippen LogP) is 2.60. The lowest BCUT2D eigenvalue weighted by Crippen LogP contribution is -2.37. The van der Waals surface area contributed by atoms with Crippen LogP contribution in [0, 0.1) is 0 Å². The van der Waals surface area contributed by atoms with Gasteiger partial charge in [0.15, 0.2) is 11.2 Å². The smallest absolute Gasteiger partial charge is 0.309 e. The van der Waals surface area contributed by atoms with Gasteiger partial charge in [0.05, 0.1) is 5.69 Å². The summed E-state index contributed by atoms with van der Waals surface area (Å²) in [4.78, 5) is 30.0. The molecule has 0 spiro atoms. The van der Waals surface area contributed by atoms with Crippen molar-refractivity contribution in [3.8, 4) is 11.3 Å². The van der Waals surface area contributed by atoms with Crippen molar-refractivity contribution in [3.63, 3.8) is 0 Å². The summed E-state index contributed by atoms with van der Waals surface area (Å²) in [5.41, 5.74) is 3.32. The van der Waals surface area contributed by atoms with Crippen LogP contribution in [0.2, 0.25) is 0 Å². The summed E-state index contributed by atoms with van der Waals surface area (Å²) in [7, 11) is 3.14. The molecule has 3 aromatic heterocycles. The van der Waals surface area contributed by atoms with E-state index < -0.39 is 0 Å². The Hall–Kier alpha value is -3.87. The van der Waals surface area contributed by atoms with Gasteiger partial charge in [-0.1, -0.05) is 60.7 Å². The van der Waals surface area contributed by atoms with Crippen LogP contribution in [-0.2, 0) is 27.1 Å². The van der Waals surface area contributed by atoms with Gasteiger partial charge in [-0.3, -0.25) is 18.3 Å². The van der Waals surface area contributed by atoms with Gasteiger partial charge in [0.25, 0.3) is 5.56 Å². The van der Waals surface area contributed by atoms with Gasteiger partial charge < -0.3 is 4.57 Å². The van der Waals surface area contributed by atoms with E-state index in [1.54, 1.807) is 7.05 Å². The van der Waals surface area contributed by atoms with Gasteiger partial charge in [-0.05, 0) is 17.5 Å². The highest BCUT2D eigenvalue weighted by molar-refractivity contribution is 5.78. The van der Waals surface area contributed by atoms with Gasteiger partial charge in [-0.25, -0.2) is 4.79 Å². The molecule has 5 aromatic rings. The van der Waals surface area contributed by atoms with Gasteiger partial charge in [-0.15, -0.1) is 0 Å². The Bertz CT molecular complexity index is 1490. The van der Waals surface area contributed by atoms with E-state index >= 15 is 0 Å². The zero-order valence-corrected chi connectivity index (χ0v) is 16.8. The summed E-state index contributed by atoms with van der Waals surface area (Å²) >= 11 is 0. The van der Waals surface area contributed by atoms with E-state index in [0.717, 1.165) is 22.2 Å². The number of fused-ring (bicyclic) bond motifs is 3. The summed E-state index contributed by atoms with van der Waals surface area (Å²) in [6.07, 6.45) is 2.77. The Kier molecular flexibility index (Phi) is 4.17.